The molecule has 0 spiro atoms. The van der Waals surface area contributed by atoms with E-state index in [1.165, 1.54) is 32.4 Å². The molecule has 0 bridgehead atoms. The Morgan fingerprint density at radius 1 is 0.788 bits per heavy atom. The summed E-state index contributed by atoms with van der Waals surface area (Å²) in [5, 5.41) is 0.205. The second-order valence-corrected chi connectivity index (χ2v) is 8.87. The van der Waals surface area contributed by atoms with Crippen molar-refractivity contribution < 1.29 is 27.4 Å². The van der Waals surface area contributed by atoms with Crippen LogP contribution in [0, 0.1) is 0 Å². The predicted molar refractivity (Wildman–Crippen MR) is 130 cm³/mol. The number of sulfonamides is 1. The topological polar surface area (TPSA) is 83.1 Å². The molecule has 0 unspecified atom stereocenters. The first-order chi connectivity index (χ1) is 15.8. The van der Waals surface area contributed by atoms with Crippen LogP contribution >= 0.6 is 11.6 Å². The van der Waals surface area contributed by atoms with Gasteiger partial charge in [-0.15, -0.1) is 0 Å². The number of halogens is 1. The van der Waals surface area contributed by atoms with Gasteiger partial charge in [0, 0.05) is 0 Å². The summed E-state index contributed by atoms with van der Waals surface area (Å²) >= 11 is 6.10. The van der Waals surface area contributed by atoms with Gasteiger partial charge in [0.25, 0.3) is 10.0 Å². The Morgan fingerprint density at radius 2 is 1.42 bits per heavy atom. The molecule has 3 aromatic carbocycles. The average Bonchev–Trinajstić information content (AvgIpc) is 2.82. The van der Waals surface area contributed by atoms with E-state index in [1.807, 2.05) is 12.1 Å². The minimum absolute atomic E-state index is 0.0247. The van der Waals surface area contributed by atoms with Crippen LogP contribution in [-0.2, 0) is 10.0 Å². The summed E-state index contributed by atoms with van der Waals surface area (Å²) in [6, 6.07) is 14.9. The molecular formula is C24H24ClNO6S. The minimum atomic E-state index is -3.88. The molecule has 0 saturated heterocycles. The van der Waals surface area contributed by atoms with E-state index in [1.54, 1.807) is 50.6 Å². The van der Waals surface area contributed by atoms with Gasteiger partial charge in [-0.2, -0.15) is 0 Å². The van der Waals surface area contributed by atoms with E-state index in [0.717, 1.165) is 5.56 Å². The van der Waals surface area contributed by atoms with Gasteiger partial charge >= 0.3 is 0 Å². The molecule has 0 aliphatic heterocycles. The van der Waals surface area contributed by atoms with Crippen molar-refractivity contribution >= 4 is 39.5 Å². The Hall–Kier alpha value is -3.36. The second kappa shape index (κ2) is 10.5. The third-order valence-electron chi connectivity index (χ3n) is 4.78. The summed E-state index contributed by atoms with van der Waals surface area (Å²) in [4.78, 5) is 0.0247. The SMILES string of the molecule is COc1ccc(S(=O)(=O)Nc2ccccc2/C=C\c2cc(OC)c(OC)c(OC)c2)cc1Cl. The highest BCUT2D eigenvalue weighted by Crippen LogP contribution is 2.38. The summed E-state index contributed by atoms with van der Waals surface area (Å²) < 4.78 is 49.7. The fraction of sp³-hybridized carbons (Fsp3) is 0.167. The number of para-hydroxylation sites is 1. The number of hydrogen-bond donors (Lipinski definition) is 1. The Morgan fingerprint density at radius 3 is 2.00 bits per heavy atom. The molecule has 1 N–H and O–H groups in total. The first-order valence-electron chi connectivity index (χ1n) is 9.76. The van der Waals surface area contributed by atoms with Crippen molar-refractivity contribution in [3.63, 3.8) is 0 Å². The van der Waals surface area contributed by atoms with E-state index >= 15 is 0 Å². The molecule has 0 atom stereocenters. The van der Waals surface area contributed by atoms with E-state index in [0.29, 0.717) is 34.2 Å². The number of hydrogen-bond acceptors (Lipinski definition) is 6. The Labute approximate surface area is 198 Å². The Balaban J connectivity index is 1.93. The third-order valence-corrected chi connectivity index (χ3v) is 6.44. The van der Waals surface area contributed by atoms with Crippen molar-refractivity contribution in [2.75, 3.05) is 33.2 Å². The molecule has 3 aromatic rings. The van der Waals surface area contributed by atoms with E-state index < -0.39 is 10.0 Å². The summed E-state index contributed by atoms with van der Waals surface area (Å²) in [5.41, 5.74) is 1.85. The maximum Gasteiger partial charge on any atom is 0.261 e. The number of methoxy groups -OCH3 is 4. The number of rotatable bonds is 9. The molecule has 0 amide bonds. The van der Waals surface area contributed by atoms with Gasteiger partial charge in [-0.05, 0) is 47.5 Å². The summed E-state index contributed by atoms with van der Waals surface area (Å²) in [5.74, 6) is 1.91. The molecule has 0 aliphatic carbocycles. The predicted octanol–water partition coefficient (Wildman–Crippen LogP) is 5.35. The van der Waals surface area contributed by atoms with Gasteiger partial charge < -0.3 is 18.9 Å². The van der Waals surface area contributed by atoms with E-state index in [-0.39, 0.29) is 9.92 Å². The van der Waals surface area contributed by atoms with Gasteiger partial charge in [0.2, 0.25) is 5.75 Å². The quantitative estimate of drug-likeness (QED) is 0.408. The molecule has 9 heteroatoms. The van der Waals surface area contributed by atoms with Crippen molar-refractivity contribution in [2.45, 2.75) is 4.90 Å². The van der Waals surface area contributed by atoms with Gasteiger partial charge in [-0.1, -0.05) is 42.0 Å². The Bertz CT molecular complexity index is 1250. The number of nitrogens with one attached hydrogen (secondary N) is 1. The van der Waals surface area contributed by atoms with Crippen LogP contribution in [0.1, 0.15) is 11.1 Å². The molecule has 0 radical (unpaired) electrons. The summed E-state index contributed by atoms with van der Waals surface area (Å²) in [6.45, 7) is 0. The normalized spacial score (nSPS) is 11.3. The highest BCUT2D eigenvalue weighted by atomic mass is 35.5. The molecule has 0 fully saturated rings. The van der Waals surface area contributed by atoms with Crippen LogP contribution in [-0.4, -0.2) is 36.9 Å². The van der Waals surface area contributed by atoms with Crippen molar-refractivity contribution in [2.24, 2.45) is 0 Å². The lowest BCUT2D eigenvalue weighted by molar-refractivity contribution is 0.324. The summed E-state index contributed by atoms with van der Waals surface area (Å²) in [7, 11) is 2.21. The third kappa shape index (κ3) is 5.53. The number of ether oxygens (including phenoxy) is 4. The molecule has 174 valence electrons. The molecule has 0 aliphatic rings. The zero-order valence-electron chi connectivity index (χ0n) is 18.6. The van der Waals surface area contributed by atoms with Gasteiger partial charge in [-0.3, -0.25) is 4.72 Å². The fourth-order valence-electron chi connectivity index (χ4n) is 3.14. The second-order valence-electron chi connectivity index (χ2n) is 6.78. The lowest BCUT2D eigenvalue weighted by Crippen LogP contribution is -2.13. The van der Waals surface area contributed by atoms with Crippen LogP contribution in [0.4, 0.5) is 5.69 Å². The smallest absolute Gasteiger partial charge is 0.261 e. The van der Waals surface area contributed by atoms with Gasteiger partial charge in [0.05, 0.1) is 44.0 Å². The van der Waals surface area contributed by atoms with Crippen LogP contribution in [0.2, 0.25) is 5.02 Å². The first-order valence-corrected chi connectivity index (χ1v) is 11.6. The standard InChI is InChI=1S/C24H24ClNO6S/c1-29-21-12-11-18(15-19(21)25)33(27,28)26-20-8-6-5-7-17(20)10-9-16-13-22(30-2)24(32-4)23(14-16)31-3/h5-15,26H,1-4H3/b10-9-. The minimum Gasteiger partial charge on any atom is -0.495 e. The average molecular weight is 490 g/mol. The van der Waals surface area contributed by atoms with Crippen LogP contribution in [0.3, 0.4) is 0 Å². The highest BCUT2D eigenvalue weighted by molar-refractivity contribution is 7.92. The van der Waals surface area contributed by atoms with E-state index in [4.69, 9.17) is 30.5 Å². The monoisotopic (exact) mass is 489 g/mol. The lowest BCUT2D eigenvalue weighted by Gasteiger charge is -2.13. The van der Waals surface area contributed by atoms with Crippen molar-refractivity contribution in [1.82, 2.24) is 0 Å². The van der Waals surface area contributed by atoms with Gasteiger partial charge in [0.15, 0.2) is 11.5 Å². The maximum absolute atomic E-state index is 12.9. The van der Waals surface area contributed by atoms with Crippen molar-refractivity contribution in [1.29, 1.82) is 0 Å². The van der Waals surface area contributed by atoms with Crippen LogP contribution in [0.5, 0.6) is 23.0 Å². The van der Waals surface area contributed by atoms with Gasteiger partial charge in [-0.25, -0.2) is 8.42 Å². The number of benzene rings is 3. The Kier molecular flexibility index (Phi) is 7.73. The van der Waals surface area contributed by atoms with Crippen molar-refractivity contribution in [3.05, 3.63) is 70.7 Å². The summed E-state index contributed by atoms with van der Waals surface area (Å²) in [6.07, 6.45) is 3.61. The number of anilines is 1. The van der Waals surface area contributed by atoms with Crippen LogP contribution in [0.25, 0.3) is 12.2 Å². The fourth-order valence-corrected chi connectivity index (χ4v) is 4.57. The zero-order chi connectivity index (χ0) is 24.0. The van der Waals surface area contributed by atoms with Crippen LogP contribution < -0.4 is 23.7 Å². The van der Waals surface area contributed by atoms with E-state index in [2.05, 4.69) is 4.72 Å². The molecule has 0 aromatic heterocycles. The molecule has 33 heavy (non-hydrogen) atoms. The molecule has 0 heterocycles. The zero-order valence-corrected chi connectivity index (χ0v) is 20.2. The lowest BCUT2D eigenvalue weighted by atomic mass is 10.1. The van der Waals surface area contributed by atoms with E-state index in [9.17, 15) is 8.42 Å². The first kappa shape index (κ1) is 24.3. The van der Waals surface area contributed by atoms with Gasteiger partial charge in [0.1, 0.15) is 5.75 Å². The maximum atomic E-state index is 12.9. The molecule has 0 saturated carbocycles. The largest absolute Gasteiger partial charge is 0.495 e. The van der Waals surface area contributed by atoms with Crippen molar-refractivity contribution in [3.8, 4) is 23.0 Å². The van der Waals surface area contributed by atoms with Crippen LogP contribution in [0.15, 0.2) is 59.5 Å². The highest BCUT2D eigenvalue weighted by Gasteiger charge is 2.17. The molecule has 7 nitrogen and oxygen atoms in total. The molecular weight excluding hydrogens is 466 g/mol. The molecule has 3 rings (SSSR count).